The molecule has 1 aliphatic heterocycles. The Bertz CT molecular complexity index is 1170. The van der Waals surface area contributed by atoms with Crippen molar-refractivity contribution in [2.75, 3.05) is 19.2 Å². The monoisotopic (exact) mass is 424 g/mol. The summed E-state index contributed by atoms with van der Waals surface area (Å²) in [7, 11) is 3.48. The highest BCUT2D eigenvalue weighted by molar-refractivity contribution is 5.68. The molecule has 1 heterocycles. The fourth-order valence-corrected chi connectivity index (χ4v) is 4.82. The third-order valence-electron chi connectivity index (χ3n) is 6.29. The van der Waals surface area contributed by atoms with Gasteiger partial charge in [-0.05, 0) is 60.8 Å². The molecule has 0 radical (unpaired) electrons. The number of allylic oxidation sites excluding steroid dienone is 1. The number of rotatable bonds is 5. The predicted molar refractivity (Wildman–Crippen MR) is 130 cm³/mol. The van der Waals surface area contributed by atoms with Crippen LogP contribution in [0.15, 0.2) is 95.7 Å². The highest BCUT2D eigenvalue weighted by Crippen LogP contribution is 2.47. The molecule has 0 saturated carbocycles. The van der Waals surface area contributed by atoms with Gasteiger partial charge in [-0.15, -0.1) is 0 Å². The first-order valence-corrected chi connectivity index (χ1v) is 11.1. The van der Waals surface area contributed by atoms with Gasteiger partial charge in [-0.2, -0.15) is 0 Å². The molecular formula is C28H28N2O2. The average Bonchev–Trinajstić information content (AvgIpc) is 3.25. The topological polar surface area (TPSA) is 33.7 Å². The van der Waals surface area contributed by atoms with Crippen molar-refractivity contribution >= 4 is 11.8 Å². The lowest BCUT2D eigenvalue weighted by Crippen LogP contribution is -2.34. The van der Waals surface area contributed by atoms with Crippen molar-refractivity contribution in [1.82, 2.24) is 5.43 Å². The second-order valence-electron chi connectivity index (χ2n) is 8.13. The van der Waals surface area contributed by atoms with E-state index < -0.39 is 0 Å². The van der Waals surface area contributed by atoms with E-state index in [0.717, 1.165) is 42.0 Å². The standard InChI is InChI=1S/C28H28N2O2/c1-31-25-17-8-6-11-20(25)19-21-12-10-16-24-27(21)29-30(22-13-4-3-5-14-22)28(24)23-15-7-9-18-26(23)32-2/h3-9,11,13-15,17-19,28-29H,10,12,16H2,1-2H3/b21-19+/t28-/m1/s1. The summed E-state index contributed by atoms with van der Waals surface area (Å²) in [6.07, 6.45) is 5.48. The van der Waals surface area contributed by atoms with Gasteiger partial charge >= 0.3 is 0 Å². The van der Waals surface area contributed by atoms with Crippen LogP contribution in [0.2, 0.25) is 0 Å². The number of nitrogens with one attached hydrogen (secondary N) is 1. The van der Waals surface area contributed by atoms with E-state index in [9.17, 15) is 0 Å². The maximum atomic E-state index is 5.77. The summed E-state index contributed by atoms with van der Waals surface area (Å²) < 4.78 is 11.4. The van der Waals surface area contributed by atoms with Crippen LogP contribution in [0.4, 0.5) is 5.69 Å². The summed E-state index contributed by atoms with van der Waals surface area (Å²) in [6, 6.07) is 27.1. The van der Waals surface area contributed by atoms with Crippen molar-refractivity contribution in [3.8, 4) is 11.5 Å². The number of benzene rings is 3. The third-order valence-corrected chi connectivity index (χ3v) is 6.29. The molecule has 0 bridgehead atoms. The second-order valence-corrected chi connectivity index (χ2v) is 8.13. The number of hydrogen-bond acceptors (Lipinski definition) is 4. The minimum Gasteiger partial charge on any atom is -0.496 e. The second kappa shape index (κ2) is 8.83. The lowest BCUT2D eigenvalue weighted by atomic mass is 9.85. The van der Waals surface area contributed by atoms with Crippen LogP contribution in [0.1, 0.15) is 36.4 Å². The van der Waals surface area contributed by atoms with Gasteiger partial charge in [0.2, 0.25) is 0 Å². The van der Waals surface area contributed by atoms with Crippen LogP contribution in [-0.4, -0.2) is 14.2 Å². The molecule has 2 aliphatic rings. The number of methoxy groups -OCH3 is 2. The predicted octanol–water partition coefficient (Wildman–Crippen LogP) is 6.29. The Morgan fingerprint density at radius 1 is 0.812 bits per heavy atom. The molecule has 1 atom stereocenters. The minimum absolute atomic E-state index is 0.0740. The van der Waals surface area contributed by atoms with Crippen LogP contribution < -0.4 is 19.9 Å². The van der Waals surface area contributed by atoms with Crippen molar-refractivity contribution in [1.29, 1.82) is 0 Å². The van der Waals surface area contributed by atoms with Crippen LogP contribution in [-0.2, 0) is 0 Å². The van der Waals surface area contributed by atoms with E-state index in [-0.39, 0.29) is 6.04 Å². The molecule has 4 heteroatoms. The van der Waals surface area contributed by atoms with Crippen LogP contribution in [0.3, 0.4) is 0 Å². The zero-order valence-electron chi connectivity index (χ0n) is 18.5. The first-order chi connectivity index (χ1) is 15.8. The van der Waals surface area contributed by atoms with E-state index in [4.69, 9.17) is 9.47 Å². The number of anilines is 1. The van der Waals surface area contributed by atoms with Gasteiger partial charge in [0.05, 0.1) is 25.6 Å². The Kier molecular flexibility index (Phi) is 5.59. The maximum absolute atomic E-state index is 5.77. The van der Waals surface area contributed by atoms with Crippen molar-refractivity contribution in [3.05, 3.63) is 107 Å². The Labute approximate surface area is 189 Å². The lowest BCUT2D eigenvalue weighted by molar-refractivity contribution is 0.406. The number of para-hydroxylation sites is 3. The summed E-state index contributed by atoms with van der Waals surface area (Å²) >= 11 is 0. The molecule has 0 fully saturated rings. The molecule has 1 N–H and O–H groups in total. The van der Waals surface area contributed by atoms with Crippen LogP contribution >= 0.6 is 0 Å². The zero-order chi connectivity index (χ0) is 21.9. The van der Waals surface area contributed by atoms with E-state index in [1.807, 2.05) is 24.3 Å². The lowest BCUT2D eigenvalue weighted by Gasteiger charge is -2.29. The summed E-state index contributed by atoms with van der Waals surface area (Å²) in [5.74, 6) is 1.81. The molecule has 32 heavy (non-hydrogen) atoms. The van der Waals surface area contributed by atoms with E-state index in [0.29, 0.717) is 0 Å². The summed E-state index contributed by atoms with van der Waals surface area (Å²) in [5, 5.41) is 2.28. The van der Waals surface area contributed by atoms with Gasteiger partial charge in [-0.3, -0.25) is 10.4 Å². The van der Waals surface area contributed by atoms with Gasteiger partial charge in [0.15, 0.2) is 0 Å². The molecule has 162 valence electrons. The molecule has 0 saturated heterocycles. The fourth-order valence-electron chi connectivity index (χ4n) is 4.82. The number of ether oxygens (including phenoxy) is 2. The highest BCUT2D eigenvalue weighted by atomic mass is 16.5. The smallest absolute Gasteiger partial charge is 0.126 e. The number of hydrogen-bond donors (Lipinski definition) is 1. The van der Waals surface area contributed by atoms with Crippen LogP contribution in [0, 0.1) is 0 Å². The van der Waals surface area contributed by atoms with E-state index in [2.05, 4.69) is 71.1 Å². The molecule has 0 amide bonds. The van der Waals surface area contributed by atoms with Gasteiger partial charge in [0.25, 0.3) is 0 Å². The average molecular weight is 425 g/mol. The largest absolute Gasteiger partial charge is 0.496 e. The van der Waals surface area contributed by atoms with E-state index >= 15 is 0 Å². The number of hydrazine groups is 1. The summed E-state index contributed by atoms with van der Waals surface area (Å²) in [4.78, 5) is 0. The quantitative estimate of drug-likeness (QED) is 0.522. The molecule has 4 nitrogen and oxygen atoms in total. The molecule has 1 aliphatic carbocycles. The van der Waals surface area contributed by atoms with Crippen LogP contribution in [0.25, 0.3) is 6.08 Å². The van der Waals surface area contributed by atoms with E-state index in [1.165, 1.54) is 22.4 Å². The molecule has 0 unspecified atom stereocenters. The van der Waals surface area contributed by atoms with E-state index in [1.54, 1.807) is 14.2 Å². The first kappa shape index (κ1) is 20.3. The van der Waals surface area contributed by atoms with Gasteiger partial charge in [-0.1, -0.05) is 54.6 Å². The van der Waals surface area contributed by atoms with Crippen LogP contribution in [0.5, 0.6) is 11.5 Å². The SMILES string of the molecule is COc1ccccc1/C=C1\CCCC2=C1NN(c1ccccc1)[C@@H]2c1ccccc1OC. The Morgan fingerprint density at radius 3 is 2.28 bits per heavy atom. The first-order valence-electron chi connectivity index (χ1n) is 11.1. The zero-order valence-corrected chi connectivity index (χ0v) is 18.5. The maximum Gasteiger partial charge on any atom is 0.126 e. The van der Waals surface area contributed by atoms with Crippen molar-refractivity contribution in [2.24, 2.45) is 0 Å². The molecule has 5 rings (SSSR count). The summed E-state index contributed by atoms with van der Waals surface area (Å²) in [6.45, 7) is 0. The molecule has 3 aromatic carbocycles. The van der Waals surface area contributed by atoms with Gasteiger partial charge in [-0.25, -0.2) is 0 Å². The Hall–Kier alpha value is -3.66. The molecule has 0 aromatic heterocycles. The van der Waals surface area contributed by atoms with Crippen molar-refractivity contribution < 1.29 is 9.47 Å². The highest BCUT2D eigenvalue weighted by Gasteiger charge is 2.38. The third kappa shape index (κ3) is 3.62. The van der Waals surface area contributed by atoms with Crippen molar-refractivity contribution in [3.63, 3.8) is 0 Å². The number of nitrogens with zero attached hydrogens (tertiary/aromatic N) is 1. The van der Waals surface area contributed by atoms with Gasteiger partial charge in [0.1, 0.15) is 17.5 Å². The molecule has 0 spiro atoms. The van der Waals surface area contributed by atoms with Crippen molar-refractivity contribution in [2.45, 2.75) is 25.3 Å². The van der Waals surface area contributed by atoms with Gasteiger partial charge < -0.3 is 9.47 Å². The molecular weight excluding hydrogens is 396 g/mol. The Morgan fingerprint density at radius 2 is 1.50 bits per heavy atom. The normalized spacial score (nSPS) is 19.0. The fraction of sp³-hybridized carbons (Fsp3) is 0.214. The summed E-state index contributed by atoms with van der Waals surface area (Å²) in [5.41, 5.74) is 11.1. The Balaban J connectivity index is 1.64. The molecule has 3 aromatic rings. The van der Waals surface area contributed by atoms with Gasteiger partial charge in [0, 0.05) is 11.1 Å². The minimum atomic E-state index is 0.0740.